The summed E-state index contributed by atoms with van der Waals surface area (Å²) in [6, 6.07) is 12.9. The molecule has 6 rings (SSSR count). The summed E-state index contributed by atoms with van der Waals surface area (Å²) in [6.45, 7) is 0.748. The van der Waals surface area contributed by atoms with Crippen molar-refractivity contribution in [1.82, 2.24) is 30.1 Å². The summed E-state index contributed by atoms with van der Waals surface area (Å²) < 4.78 is 6.99. The summed E-state index contributed by atoms with van der Waals surface area (Å²) in [5.41, 5.74) is 10.1. The van der Waals surface area contributed by atoms with Crippen molar-refractivity contribution in [3.8, 4) is 5.75 Å². The van der Waals surface area contributed by atoms with Crippen molar-refractivity contribution in [3.63, 3.8) is 0 Å². The number of likely N-dealkylation sites (tertiary alicyclic amines) is 1. The second-order valence-corrected chi connectivity index (χ2v) is 12.3. The Balaban J connectivity index is 1.11. The van der Waals surface area contributed by atoms with Crippen LogP contribution in [-0.4, -0.2) is 80.3 Å². The van der Waals surface area contributed by atoms with Crippen molar-refractivity contribution in [3.05, 3.63) is 53.6 Å². The third kappa shape index (κ3) is 6.08. The predicted octanol–water partition coefficient (Wildman–Crippen LogP) is 2.31. The van der Waals surface area contributed by atoms with Crippen molar-refractivity contribution in [1.29, 1.82) is 0 Å². The van der Waals surface area contributed by atoms with Crippen LogP contribution in [0, 0.1) is 5.92 Å². The van der Waals surface area contributed by atoms with Gasteiger partial charge in [0.2, 0.25) is 17.7 Å². The molecule has 11 nitrogen and oxygen atoms in total. The van der Waals surface area contributed by atoms with Crippen molar-refractivity contribution >= 4 is 28.8 Å². The number of benzene rings is 2. The van der Waals surface area contributed by atoms with Gasteiger partial charge in [-0.15, -0.1) is 5.10 Å². The van der Waals surface area contributed by atoms with Crippen LogP contribution in [0.15, 0.2) is 42.5 Å². The standard InChI is InChI=1S/C32H41N7O4/c1-37-28-13-5-21(16-27(28)35-36-37)18-34-31(41)29-17-22(15-20-3-10-25(43-2)11-4-20)19-38(29)32(42)26(33)12-14-30(40)39-23-6-7-24(39)9-8-23/h3-5,10-11,13,16,22-24,26,29H,6-9,12,14-15,17-19,33H2,1-2H3,(H,34,41). The molecule has 4 heterocycles. The van der Waals surface area contributed by atoms with Crippen LogP contribution in [0.5, 0.6) is 5.75 Å². The number of carbonyl (C=O) groups excluding carboxylic acids is 3. The lowest BCUT2D eigenvalue weighted by atomic mass is 9.96. The number of fused-ring (bicyclic) bond motifs is 3. The highest BCUT2D eigenvalue weighted by molar-refractivity contribution is 5.91. The maximum Gasteiger partial charge on any atom is 0.243 e. The van der Waals surface area contributed by atoms with E-state index in [-0.39, 0.29) is 36.5 Å². The van der Waals surface area contributed by atoms with E-state index in [0.717, 1.165) is 60.0 Å². The molecule has 3 saturated heterocycles. The lowest BCUT2D eigenvalue weighted by Crippen LogP contribution is -2.51. The predicted molar refractivity (Wildman–Crippen MR) is 161 cm³/mol. The van der Waals surface area contributed by atoms with Crippen molar-refractivity contribution in [2.75, 3.05) is 13.7 Å². The Bertz CT molecular complexity index is 1470. The van der Waals surface area contributed by atoms with Crippen molar-refractivity contribution in [2.45, 2.75) is 82.1 Å². The number of methoxy groups -OCH3 is 1. The number of aromatic nitrogens is 3. The fraction of sp³-hybridized carbons (Fsp3) is 0.531. The van der Waals surface area contributed by atoms with Gasteiger partial charge in [-0.1, -0.05) is 23.4 Å². The lowest BCUT2D eigenvalue weighted by Gasteiger charge is -2.27. The maximum atomic E-state index is 13.7. The number of nitrogens with zero attached hydrogens (tertiary/aromatic N) is 5. The molecule has 3 unspecified atom stereocenters. The van der Waals surface area contributed by atoms with Gasteiger partial charge in [-0.05, 0) is 86.3 Å². The van der Waals surface area contributed by atoms with Gasteiger partial charge in [0, 0.05) is 38.6 Å². The van der Waals surface area contributed by atoms with Crippen LogP contribution in [-0.2, 0) is 34.4 Å². The first-order valence-corrected chi connectivity index (χ1v) is 15.4. The average molecular weight is 588 g/mol. The average Bonchev–Trinajstić information content (AvgIpc) is 3.82. The Labute approximate surface area is 251 Å². The molecular weight excluding hydrogens is 546 g/mol. The summed E-state index contributed by atoms with van der Waals surface area (Å²) in [7, 11) is 3.47. The van der Waals surface area contributed by atoms with Crippen LogP contribution in [0.3, 0.4) is 0 Å². The number of amides is 3. The molecular formula is C32H41N7O4. The zero-order chi connectivity index (χ0) is 30.1. The van der Waals surface area contributed by atoms with E-state index >= 15 is 0 Å². The van der Waals surface area contributed by atoms with Gasteiger partial charge in [-0.25, -0.2) is 4.68 Å². The Hall–Kier alpha value is -3.99. The molecule has 3 N–H and O–H groups in total. The highest BCUT2D eigenvalue weighted by atomic mass is 16.5. The Morgan fingerprint density at radius 3 is 2.44 bits per heavy atom. The Kier molecular flexibility index (Phi) is 8.34. The van der Waals surface area contributed by atoms with Crippen LogP contribution in [0.1, 0.15) is 56.1 Å². The number of nitrogens with one attached hydrogen (secondary N) is 1. The molecule has 3 aliphatic heterocycles. The molecule has 0 aliphatic carbocycles. The molecule has 43 heavy (non-hydrogen) atoms. The van der Waals surface area contributed by atoms with E-state index in [1.807, 2.05) is 54.4 Å². The summed E-state index contributed by atoms with van der Waals surface area (Å²) in [4.78, 5) is 43.9. The number of hydrogen-bond acceptors (Lipinski definition) is 7. The quantitative estimate of drug-likeness (QED) is 0.372. The van der Waals surface area contributed by atoms with E-state index in [2.05, 4.69) is 15.6 Å². The van der Waals surface area contributed by atoms with Crippen LogP contribution in [0.2, 0.25) is 0 Å². The first-order chi connectivity index (χ1) is 20.8. The molecule has 3 atom stereocenters. The fourth-order valence-electron chi connectivity index (χ4n) is 7.23. The second-order valence-electron chi connectivity index (χ2n) is 12.3. The minimum Gasteiger partial charge on any atom is -0.497 e. The molecule has 3 aliphatic rings. The number of rotatable bonds is 10. The van der Waals surface area contributed by atoms with E-state index in [1.165, 1.54) is 0 Å². The summed E-state index contributed by atoms with van der Waals surface area (Å²) in [5.74, 6) is 0.503. The first kappa shape index (κ1) is 29.1. The minimum atomic E-state index is -0.835. The first-order valence-electron chi connectivity index (χ1n) is 15.4. The molecule has 2 bridgehead atoms. The smallest absolute Gasteiger partial charge is 0.243 e. The summed E-state index contributed by atoms with van der Waals surface area (Å²) in [5, 5.41) is 11.2. The van der Waals surface area contributed by atoms with E-state index < -0.39 is 12.1 Å². The van der Waals surface area contributed by atoms with Crippen molar-refractivity contribution < 1.29 is 19.1 Å². The Morgan fingerprint density at radius 1 is 1.05 bits per heavy atom. The highest BCUT2D eigenvalue weighted by Crippen LogP contribution is 2.38. The van der Waals surface area contributed by atoms with Gasteiger partial charge in [-0.3, -0.25) is 14.4 Å². The third-order valence-corrected chi connectivity index (χ3v) is 9.53. The zero-order valence-corrected chi connectivity index (χ0v) is 24.9. The van der Waals surface area contributed by atoms with Crippen LogP contribution in [0.4, 0.5) is 0 Å². The summed E-state index contributed by atoms with van der Waals surface area (Å²) >= 11 is 0. The largest absolute Gasteiger partial charge is 0.497 e. The topological polar surface area (TPSA) is 136 Å². The van der Waals surface area contributed by atoms with Crippen molar-refractivity contribution in [2.24, 2.45) is 18.7 Å². The highest BCUT2D eigenvalue weighted by Gasteiger charge is 2.43. The molecule has 0 radical (unpaired) electrons. The van der Waals surface area contributed by atoms with Crippen LogP contribution < -0.4 is 15.8 Å². The van der Waals surface area contributed by atoms with Crippen LogP contribution in [0.25, 0.3) is 11.0 Å². The van der Waals surface area contributed by atoms with E-state index in [4.69, 9.17) is 10.5 Å². The van der Waals surface area contributed by atoms with Gasteiger partial charge in [0.15, 0.2) is 0 Å². The van der Waals surface area contributed by atoms with Gasteiger partial charge in [0.05, 0.1) is 18.7 Å². The molecule has 3 amide bonds. The molecule has 11 heteroatoms. The van der Waals surface area contributed by atoms with Gasteiger partial charge in [0.1, 0.15) is 17.3 Å². The van der Waals surface area contributed by atoms with Gasteiger partial charge in [0.25, 0.3) is 0 Å². The minimum absolute atomic E-state index is 0.0955. The number of hydrogen-bond donors (Lipinski definition) is 2. The third-order valence-electron chi connectivity index (χ3n) is 9.53. The monoisotopic (exact) mass is 587 g/mol. The van der Waals surface area contributed by atoms with E-state index in [0.29, 0.717) is 31.6 Å². The zero-order valence-electron chi connectivity index (χ0n) is 24.9. The Morgan fingerprint density at radius 2 is 1.74 bits per heavy atom. The van der Waals surface area contributed by atoms with E-state index in [1.54, 1.807) is 16.7 Å². The number of nitrogens with two attached hydrogens (primary N) is 1. The number of aryl methyl sites for hydroxylation is 1. The van der Waals surface area contributed by atoms with Gasteiger partial charge >= 0.3 is 0 Å². The molecule has 0 saturated carbocycles. The van der Waals surface area contributed by atoms with E-state index in [9.17, 15) is 14.4 Å². The number of ether oxygens (including phenoxy) is 1. The SMILES string of the molecule is COc1ccc(CC2CC(C(=O)NCc3ccc4c(c3)nnn4C)N(C(=O)C(N)CCC(=O)N3C4CCC3CC4)C2)cc1. The number of carbonyl (C=O) groups is 3. The van der Waals surface area contributed by atoms with Crippen LogP contribution >= 0.6 is 0 Å². The van der Waals surface area contributed by atoms with Gasteiger partial charge in [-0.2, -0.15) is 0 Å². The summed E-state index contributed by atoms with van der Waals surface area (Å²) in [6.07, 6.45) is 6.11. The second kappa shape index (κ2) is 12.3. The lowest BCUT2D eigenvalue weighted by molar-refractivity contribution is -0.140. The van der Waals surface area contributed by atoms with Gasteiger partial charge < -0.3 is 25.6 Å². The molecule has 0 spiro atoms. The fourth-order valence-corrected chi connectivity index (χ4v) is 7.23. The molecule has 2 aromatic carbocycles. The molecule has 3 aromatic rings. The molecule has 228 valence electrons. The molecule has 3 fully saturated rings. The maximum absolute atomic E-state index is 13.7. The normalized spacial score (nSPS) is 23.6. The molecule has 1 aromatic heterocycles.